The second kappa shape index (κ2) is 6.78. The fraction of sp³-hybridized carbons (Fsp3) is 0.208. The maximum atomic E-state index is 6.43. The number of benzene rings is 3. The molecule has 2 atom stereocenters. The van der Waals surface area contributed by atoms with Gasteiger partial charge in [-0.2, -0.15) is 5.10 Å². The van der Waals surface area contributed by atoms with E-state index in [1.165, 1.54) is 22.3 Å². The van der Waals surface area contributed by atoms with Crippen molar-refractivity contribution < 1.29 is 4.74 Å². The summed E-state index contributed by atoms with van der Waals surface area (Å²) in [7, 11) is 0. The van der Waals surface area contributed by atoms with E-state index in [1.807, 2.05) is 6.07 Å². The van der Waals surface area contributed by atoms with E-state index in [2.05, 4.69) is 95.5 Å². The second-order valence-electron chi connectivity index (χ2n) is 7.58. The highest BCUT2D eigenvalue weighted by Gasteiger charge is 2.41. The van der Waals surface area contributed by atoms with Gasteiger partial charge in [-0.25, -0.2) is 5.01 Å². The Bertz CT molecular complexity index is 1060. The third-order valence-corrected chi connectivity index (χ3v) is 5.99. The van der Waals surface area contributed by atoms with Crippen LogP contribution in [0, 0.1) is 13.8 Å². The molecule has 5 rings (SSSR count). The lowest BCUT2D eigenvalue weighted by Gasteiger charge is -2.38. The minimum Gasteiger partial charge on any atom is -0.464 e. The molecule has 4 heteroatoms. The summed E-state index contributed by atoms with van der Waals surface area (Å²) in [5.41, 5.74) is 7.10. The van der Waals surface area contributed by atoms with Gasteiger partial charge < -0.3 is 4.74 Å². The Morgan fingerprint density at radius 1 is 0.929 bits per heavy atom. The van der Waals surface area contributed by atoms with Gasteiger partial charge in [-0.1, -0.05) is 75.6 Å². The minimum absolute atomic E-state index is 0.170. The molecule has 0 radical (unpaired) electrons. The van der Waals surface area contributed by atoms with E-state index in [4.69, 9.17) is 9.84 Å². The fourth-order valence-electron chi connectivity index (χ4n) is 3.93. The summed E-state index contributed by atoms with van der Waals surface area (Å²) < 4.78 is 7.49. The van der Waals surface area contributed by atoms with E-state index in [0.717, 1.165) is 27.9 Å². The van der Waals surface area contributed by atoms with Crippen molar-refractivity contribution >= 4 is 21.6 Å². The first-order valence-electron chi connectivity index (χ1n) is 9.54. The molecule has 2 aliphatic heterocycles. The first-order valence-corrected chi connectivity index (χ1v) is 10.3. The van der Waals surface area contributed by atoms with Crippen molar-refractivity contribution in [2.75, 3.05) is 0 Å². The normalized spacial score (nSPS) is 20.2. The van der Waals surface area contributed by atoms with E-state index in [0.29, 0.717) is 0 Å². The van der Waals surface area contributed by atoms with Gasteiger partial charge in [0.15, 0.2) is 0 Å². The van der Waals surface area contributed by atoms with Crippen LogP contribution in [-0.2, 0) is 0 Å². The molecule has 0 amide bonds. The van der Waals surface area contributed by atoms with Gasteiger partial charge in [-0.3, -0.25) is 0 Å². The molecule has 0 unspecified atom stereocenters. The smallest absolute Gasteiger partial charge is 0.213 e. The molecule has 0 aromatic heterocycles. The van der Waals surface area contributed by atoms with Crippen LogP contribution in [0.3, 0.4) is 0 Å². The lowest BCUT2D eigenvalue weighted by Crippen LogP contribution is -2.33. The SMILES string of the molecule is Cc1ccc(C2=NN3[C@H](C2)c2cc(Br)ccc2O[C@@H]3c2ccc(C)cc2)cc1. The molecule has 0 fully saturated rings. The number of hydrogen-bond acceptors (Lipinski definition) is 3. The van der Waals surface area contributed by atoms with Gasteiger partial charge in [0.1, 0.15) is 5.75 Å². The van der Waals surface area contributed by atoms with E-state index in [-0.39, 0.29) is 12.3 Å². The summed E-state index contributed by atoms with van der Waals surface area (Å²) in [6.45, 7) is 4.21. The number of aryl methyl sites for hydroxylation is 2. The summed E-state index contributed by atoms with van der Waals surface area (Å²) >= 11 is 3.61. The van der Waals surface area contributed by atoms with Crippen LogP contribution >= 0.6 is 15.9 Å². The van der Waals surface area contributed by atoms with Crippen LogP contribution in [0.5, 0.6) is 5.75 Å². The number of ether oxygens (including phenoxy) is 1. The molecular weight excluding hydrogens is 412 g/mol. The van der Waals surface area contributed by atoms with Crippen LogP contribution in [0.4, 0.5) is 0 Å². The molecule has 0 bridgehead atoms. The number of nitrogens with zero attached hydrogens (tertiary/aromatic N) is 2. The highest BCUT2D eigenvalue weighted by molar-refractivity contribution is 9.10. The molecule has 3 nitrogen and oxygen atoms in total. The van der Waals surface area contributed by atoms with Gasteiger partial charge in [0, 0.05) is 22.0 Å². The van der Waals surface area contributed by atoms with Gasteiger partial charge in [0.2, 0.25) is 6.23 Å². The zero-order chi connectivity index (χ0) is 19.3. The highest BCUT2D eigenvalue weighted by Crippen LogP contribution is 2.48. The molecule has 3 aromatic carbocycles. The maximum absolute atomic E-state index is 6.43. The van der Waals surface area contributed by atoms with Crippen LogP contribution in [0.25, 0.3) is 0 Å². The Hall–Kier alpha value is -2.59. The van der Waals surface area contributed by atoms with Crippen molar-refractivity contribution in [3.63, 3.8) is 0 Å². The fourth-order valence-corrected chi connectivity index (χ4v) is 4.31. The number of hydrogen-bond donors (Lipinski definition) is 0. The standard InChI is InChI=1S/C24H21BrN2O/c1-15-3-7-17(8-4-15)21-14-22-20-13-19(25)11-12-23(20)28-24(27(22)26-21)18-9-5-16(2)6-10-18/h3-13,22,24H,14H2,1-2H3/t22-,24-/m1/s1. The Labute approximate surface area is 173 Å². The van der Waals surface area contributed by atoms with Crippen molar-refractivity contribution in [1.29, 1.82) is 0 Å². The first-order chi connectivity index (χ1) is 13.6. The average molecular weight is 433 g/mol. The van der Waals surface area contributed by atoms with Gasteiger partial charge in [-0.05, 0) is 37.6 Å². The molecule has 0 saturated carbocycles. The van der Waals surface area contributed by atoms with E-state index >= 15 is 0 Å². The Morgan fingerprint density at radius 3 is 2.32 bits per heavy atom. The van der Waals surface area contributed by atoms with Crippen molar-refractivity contribution in [1.82, 2.24) is 5.01 Å². The summed E-state index contributed by atoms with van der Waals surface area (Å²) in [4.78, 5) is 0. The van der Waals surface area contributed by atoms with Crippen molar-refractivity contribution in [3.05, 3.63) is 99.0 Å². The predicted octanol–water partition coefficient (Wildman–Crippen LogP) is 6.31. The predicted molar refractivity (Wildman–Crippen MR) is 116 cm³/mol. The zero-order valence-electron chi connectivity index (χ0n) is 15.9. The van der Waals surface area contributed by atoms with Crippen LogP contribution < -0.4 is 4.74 Å². The topological polar surface area (TPSA) is 24.8 Å². The molecule has 0 spiro atoms. The van der Waals surface area contributed by atoms with Gasteiger partial charge in [-0.15, -0.1) is 0 Å². The molecule has 28 heavy (non-hydrogen) atoms. The lowest BCUT2D eigenvalue weighted by molar-refractivity contribution is -0.0190. The molecule has 2 aliphatic rings. The molecule has 0 aliphatic carbocycles. The van der Waals surface area contributed by atoms with Gasteiger partial charge in [0.05, 0.1) is 11.8 Å². The number of fused-ring (bicyclic) bond motifs is 3. The third kappa shape index (κ3) is 3.02. The van der Waals surface area contributed by atoms with Crippen molar-refractivity contribution in [2.45, 2.75) is 32.5 Å². The summed E-state index contributed by atoms with van der Waals surface area (Å²) in [5.74, 6) is 0.940. The monoisotopic (exact) mass is 432 g/mol. The quantitative estimate of drug-likeness (QED) is 0.473. The van der Waals surface area contributed by atoms with E-state index < -0.39 is 0 Å². The van der Waals surface area contributed by atoms with Gasteiger partial charge >= 0.3 is 0 Å². The molecular formula is C24H21BrN2O. The number of rotatable bonds is 2. The first kappa shape index (κ1) is 17.5. The zero-order valence-corrected chi connectivity index (χ0v) is 17.5. The molecule has 0 N–H and O–H groups in total. The number of hydrazone groups is 1. The molecule has 2 heterocycles. The van der Waals surface area contributed by atoms with Crippen molar-refractivity contribution in [3.8, 4) is 5.75 Å². The largest absolute Gasteiger partial charge is 0.464 e. The van der Waals surface area contributed by atoms with Crippen LogP contribution in [-0.4, -0.2) is 10.7 Å². The van der Waals surface area contributed by atoms with E-state index in [9.17, 15) is 0 Å². The average Bonchev–Trinajstić information content (AvgIpc) is 3.14. The lowest BCUT2D eigenvalue weighted by atomic mass is 9.95. The third-order valence-electron chi connectivity index (χ3n) is 5.50. The maximum Gasteiger partial charge on any atom is 0.213 e. The molecule has 3 aromatic rings. The highest BCUT2D eigenvalue weighted by atomic mass is 79.9. The van der Waals surface area contributed by atoms with Crippen LogP contribution in [0.1, 0.15) is 46.5 Å². The summed E-state index contributed by atoms with van der Waals surface area (Å²) in [6, 6.07) is 23.6. The Balaban J connectivity index is 1.59. The Kier molecular flexibility index (Phi) is 4.24. The minimum atomic E-state index is -0.220. The van der Waals surface area contributed by atoms with Crippen molar-refractivity contribution in [2.24, 2.45) is 5.10 Å². The Morgan fingerprint density at radius 2 is 1.61 bits per heavy atom. The van der Waals surface area contributed by atoms with E-state index in [1.54, 1.807) is 0 Å². The van der Waals surface area contributed by atoms with Crippen LogP contribution in [0.2, 0.25) is 0 Å². The summed E-state index contributed by atoms with van der Waals surface area (Å²) in [5, 5.41) is 7.16. The van der Waals surface area contributed by atoms with Crippen LogP contribution in [0.15, 0.2) is 76.3 Å². The summed E-state index contributed by atoms with van der Waals surface area (Å²) in [6.07, 6.45) is 0.653. The number of halogens is 1. The second-order valence-corrected chi connectivity index (χ2v) is 8.49. The van der Waals surface area contributed by atoms with Gasteiger partial charge in [0.25, 0.3) is 0 Å². The molecule has 0 saturated heterocycles. The molecule has 140 valence electrons.